The monoisotopic (exact) mass is 310 g/mol. The number of carbonyl (C=O) groups is 1. The van der Waals surface area contributed by atoms with Crippen LogP contribution < -0.4 is 16.6 Å². The second-order valence-corrected chi connectivity index (χ2v) is 5.16. The molecule has 2 aromatic rings. The normalized spacial score (nSPS) is 10.2. The van der Waals surface area contributed by atoms with E-state index in [9.17, 15) is 9.59 Å². The second kappa shape index (κ2) is 6.44. The number of nitrogens with one attached hydrogen (secondary N) is 2. The molecule has 104 valence electrons. The summed E-state index contributed by atoms with van der Waals surface area (Å²) in [7, 11) is 0. The number of thioether (sulfide) groups is 1. The van der Waals surface area contributed by atoms with Gasteiger partial charge in [0.15, 0.2) is 5.16 Å². The minimum Gasteiger partial charge on any atom is -0.383 e. The number of hydrogen-bond donors (Lipinski definition) is 3. The number of H-pyrrole nitrogens is 1. The van der Waals surface area contributed by atoms with Gasteiger partial charge in [-0.2, -0.15) is 0 Å². The zero-order valence-electron chi connectivity index (χ0n) is 10.2. The van der Waals surface area contributed by atoms with Gasteiger partial charge in [0, 0.05) is 6.07 Å². The lowest BCUT2D eigenvalue weighted by molar-refractivity contribution is -0.113. The number of hydrogen-bond acceptors (Lipinski definition) is 5. The lowest BCUT2D eigenvalue weighted by Gasteiger charge is -2.06. The molecule has 0 unspecified atom stereocenters. The van der Waals surface area contributed by atoms with Crippen molar-refractivity contribution in [3.63, 3.8) is 0 Å². The SMILES string of the molecule is Nc1cc(=O)[nH]c(SCC(=O)Nc2ccccc2Cl)n1. The van der Waals surface area contributed by atoms with Gasteiger partial charge in [0.05, 0.1) is 16.5 Å². The Hall–Kier alpha value is -1.99. The smallest absolute Gasteiger partial charge is 0.253 e. The number of para-hydroxylation sites is 1. The maximum Gasteiger partial charge on any atom is 0.253 e. The molecule has 0 fully saturated rings. The standard InChI is InChI=1S/C12H11ClN4O2S/c13-7-3-1-2-4-8(7)15-11(19)6-20-12-16-9(14)5-10(18)17-12/h1-5H,6H2,(H,15,19)(H3,14,16,17,18). The molecule has 0 bridgehead atoms. The Kier molecular flexibility index (Phi) is 4.65. The first kappa shape index (κ1) is 14.4. The number of rotatable bonds is 4. The summed E-state index contributed by atoms with van der Waals surface area (Å²) in [6, 6.07) is 8.10. The first-order chi connectivity index (χ1) is 9.54. The van der Waals surface area contributed by atoms with Gasteiger partial charge in [0.25, 0.3) is 5.56 Å². The molecular formula is C12H11ClN4O2S. The van der Waals surface area contributed by atoms with Crippen LogP contribution in [0.5, 0.6) is 0 Å². The molecule has 1 amide bonds. The summed E-state index contributed by atoms with van der Waals surface area (Å²) in [5, 5.41) is 3.42. The van der Waals surface area contributed by atoms with E-state index in [2.05, 4.69) is 15.3 Å². The average Bonchev–Trinajstić information content (AvgIpc) is 2.38. The predicted octanol–water partition coefficient (Wildman–Crippen LogP) is 1.74. The van der Waals surface area contributed by atoms with E-state index in [0.29, 0.717) is 15.9 Å². The van der Waals surface area contributed by atoms with Crippen molar-refractivity contribution >= 4 is 40.8 Å². The van der Waals surface area contributed by atoms with Gasteiger partial charge in [-0.15, -0.1) is 0 Å². The van der Waals surface area contributed by atoms with Crippen molar-refractivity contribution in [3.05, 3.63) is 45.7 Å². The number of nitrogens with two attached hydrogens (primary N) is 1. The number of amides is 1. The summed E-state index contributed by atoms with van der Waals surface area (Å²) in [4.78, 5) is 29.3. The van der Waals surface area contributed by atoms with Gasteiger partial charge in [-0.25, -0.2) is 4.98 Å². The van der Waals surface area contributed by atoms with E-state index < -0.39 is 0 Å². The molecule has 0 aliphatic carbocycles. The van der Waals surface area contributed by atoms with Gasteiger partial charge < -0.3 is 16.0 Å². The molecule has 20 heavy (non-hydrogen) atoms. The second-order valence-electron chi connectivity index (χ2n) is 3.79. The van der Waals surface area contributed by atoms with Crippen LogP contribution in [0.25, 0.3) is 0 Å². The Morgan fingerprint density at radius 3 is 2.90 bits per heavy atom. The van der Waals surface area contributed by atoms with E-state index in [1.807, 2.05) is 0 Å². The number of carbonyl (C=O) groups excluding carboxylic acids is 1. The molecule has 0 atom stereocenters. The molecule has 1 aromatic heterocycles. The predicted molar refractivity (Wildman–Crippen MR) is 80.1 cm³/mol. The first-order valence-corrected chi connectivity index (χ1v) is 6.95. The molecule has 0 spiro atoms. The van der Waals surface area contributed by atoms with Gasteiger partial charge in [-0.05, 0) is 12.1 Å². The Balaban J connectivity index is 1.96. The zero-order chi connectivity index (χ0) is 14.5. The van der Waals surface area contributed by atoms with E-state index in [4.69, 9.17) is 17.3 Å². The molecule has 0 aliphatic heterocycles. The number of aromatic nitrogens is 2. The molecule has 0 saturated heterocycles. The lowest BCUT2D eigenvalue weighted by Crippen LogP contribution is -2.16. The zero-order valence-corrected chi connectivity index (χ0v) is 11.8. The van der Waals surface area contributed by atoms with Crippen molar-refractivity contribution < 1.29 is 4.79 Å². The summed E-state index contributed by atoms with van der Waals surface area (Å²) in [6.07, 6.45) is 0. The van der Waals surface area contributed by atoms with Crippen molar-refractivity contribution in [1.29, 1.82) is 0 Å². The molecule has 0 aliphatic rings. The average molecular weight is 311 g/mol. The highest BCUT2D eigenvalue weighted by Crippen LogP contribution is 2.21. The quantitative estimate of drug-likeness (QED) is 0.590. The van der Waals surface area contributed by atoms with Gasteiger partial charge in [-0.3, -0.25) is 9.59 Å². The molecule has 0 saturated carbocycles. The molecule has 8 heteroatoms. The van der Waals surface area contributed by atoms with E-state index in [0.717, 1.165) is 11.8 Å². The van der Waals surface area contributed by atoms with Crippen LogP contribution in [0.3, 0.4) is 0 Å². The summed E-state index contributed by atoms with van der Waals surface area (Å²) in [6.45, 7) is 0. The van der Waals surface area contributed by atoms with E-state index >= 15 is 0 Å². The van der Waals surface area contributed by atoms with E-state index in [1.165, 1.54) is 6.07 Å². The maximum absolute atomic E-state index is 11.8. The van der Waals surface area contributed by atoms with Gasteiger partial charge in [-0.1, -0.05) is 35.5 Å². The third-order valence-electron chi connectivity index (χ3n) is 2.23. The van der Waals surface area contributed by atoms with Gasteiger partial charge in [0.2, 0.25) is 5.91 Å². The Morgan fingerprint density at radius 2 is 2.20 bits per heavy atom. The van der Waals surface area contributed by atoms with Crippen LogP contribution in [0.1, 0.15) is 0 Å². The Bertz CT molecular complexity index is 689. The minimum atomic E-state index is -0.355. The number of aromatic amines is 1. The van der Waals surface area contributed by atoms with Crippen LogP contribution in [-0.4, -0.2) is 21.6 Å². The fourth-order valence-corrected chi connectivity index (χ4v) is 2.27. The molecule has 1 aromatic carbocycles. The van der Waals surface area contributed by atoms with Gasteiger partial charge >= 0.3 is 0 Å². The Morgan fingerprint density at radius 1 is 1.45 bits per heavy atom. The van der Waals surface area contributed by atoms with Crippen molar-refractivity contribution in [1.82, 2.24) is 9.97 Å². The summed E-state index contributed by atoms with van der Waals surface area (Å²) in [5.74, 6) is -0.0617. The fraction of sp³-hybridized carbons (Fsp3) is 0.0833. The number of nitrogens with zero attached hydrogens (tertiary/aromatic N) is 1. The summed E-state index contributed by atoms with van der Waals surface area (Å²) in [5.41, 5.74) is 5.63. The van der Waals surface area contributed by atoms with Crippen LogP contribution in [0.4, 0.5) is 11.5 Å². The van der Waals surface area contributed by atoms with Crippen LogP contribution in [0, 0.1) is 0 Å². The first-order valence-electron chi connectivity index (χ1n) is 5.58. The third-order valence-corrected chi connectivity index (χ3v) is 3.43. The van der Waals surface area contributed by atoms with Crippen molar-refractivity contribution in [2.45, 2.75) is 5.16 Å². The molecule has 0 radical (unpaired) electrons. The molecule has 1 heterocycles. The number of anilines is 2. The highest BCUT2D eigenvalue weighted by molar-refractivity contribution is 7.99. The van der Waals surface area contributed by atoms with E-state index in [-0.39, 0.29) is 23.0 Å². The fourth-order valence-electron chi connectivity index (χ4n) is 1.40. The van der Waals surface area contributed by atoms with Crippen LogP contribution in [0.2, 0.25) is 5.02 Å². The number of benzene rings is 1. The highest BCUT2D eigenvalue weighted by atomic mass is 35.5. The van der Waals surface area contributed by atoms with Crippen molar-refractivity contribution in [2.24, 2.45) is 0 Å². The number of halogens is 1. The molecule has 6 nitrogen and oxygen atoms in total. The van der Waals surface area contributed by atoms with Crippen LogP contribution in [-0.2, 0) is 4.79 Å². The van der Waals surface area contributed by atoms with Crippen molar-refractivity contribution in [2.75, 3.05) is 16.8 Å². The largest absolute Gasteiger partial charge is 0.383 e. The summed E-state index contributed by atoms with van der Waals surface area (Å²) < 4.78 is 0. The Labute approximate surface area is 123 Å². The number of nitrogen functional groups attached to an aromatic ring is 1. The van der Waals surface area contributed by atoms with Crippen LogP contribution >= 0.6 is 23.4 Å². The lowest BCUT2D eigenvalue weighted by atomic mass is 10.3. The topological polar surface area (TPSA) is 101 Å². The molecule has 4 N–H and O–H groups in total. The third kappa shape index (κ3) is 4.01. The molecular weight excluding hydrogens is 300 g/mol. The van der Waals surface area contributed by atoms with E-state index in [1.54, 1.807) is 24.3 Å². The van der Waals surface area contributed by atoms with Gasteiger partial charge in [0.1, 0.15) is 5.82 Å². The van der Waals surface area contributed by atoms with Crippen LogP contribution in [0.15, 0.2) is 40.3 Å². The summed E-state index contributed by atoms with van der Waals surface area (Å²) >= 11 is 7.01. The minimum absolute atomic E-state index is 0.0810. The van der Waals surface area contributed by atoms with Crippen molar-refractivity contribution in [3.8, 4) is 0 Å². The maximum atomic E-state index is 11.8. The molecule has 2 rings (SSSR count). The highest BCUT2D eigenvalue weighted by Gasteiger charge is 2.07.